The Bertz CT molecular complexity index is 962. The highest BCUT2D eigenvalue weighted by Gasteiger charge is 2.31. The fraction of sp³-hybridized carbons (Fsp3) is 0.421. The summed E-state index contributed by atoms with van der Waals surface area (Å²) in [5, 5.41) is 9.49. The second kappa shape index (κ2) is 8.34. The van der Waals surface area contributed by atoms with Crippen LogP contribution in [0.1, 0.15) is 28.9 Å². The van der Waals surface area contributed by atoms with Crippen LogP contribution in [0.25, 0.3) is 11.3 Å². The molecule has 1 aromatic carbocycles. The summed E-state index contributed by atoms with van der Waals surface area (Å²) in [4.78, 5) is 20.4. The van der Waals surface area contributed by atoms with Gasteiger partial charge in [0.05, 0.1) is 17.0 Å². The topological polar surface area (TPSA) is 104 Å². The lowest BCUT2D eigenvalue weighted by Gasteiger charge is -2.33. The molecular formula is C19H24N4O4S. The number of aromatic nitrogens is 2. The van der Waals surface area contributed by atoms with E-state index in [4.69, 9.17) is 0 Å². The van der Waals surface area contributed by atoms with Crippen molar-refractivity contribution < 1.29 is 18.3 Å². The van der Waals surface area contributed by atoms with Gasteiger partial charge >= 0.3 is 5.97 Å². The number of hydrogen-bond donors (Lipinski definition) is 1. The zero-order valence-corrected chi connectivity index (χ0v) is 16.8. The number of benzene rings is 1. The van der Waals surface area contributed by atoms with E-state index < -0.39 is 16.2 Å². The summed E-state index contributed by atoms with van der Waals surface area (Å²) in [5.41, 5.74) is 1.91. The number of hydrogen-bond acceptors (Lipinski definition) is 5. The van der Waals surface area contributed by atoms with E-state index in [1.807, 2.05) is 0 Å². The van der Waals surface area contributed by atoms with E-state index in [1.165, 1.54) is 22.7 Å². The van der Waals surface area contributed by atoms with Gasteiger partial charge in [-0.25, -0.2) is 4.79 Å². The molecule has 9 heteroatoms. The Kier molecular flexibility index (Phi) is 6.07. The molecule has 1 saturated heterocycles. The van der Waals surface area contributed by atoms with Gasteiger partial charge in [0, 0.05) is 45.1 Å². The van der Waals surface area contributed by atoms with Crippen molar-refractivity contribution in [1.29, 1.82) is 0 Å². The standard InChI is InChI=1S/C19H24N4O4S/c1-22(2)28(26,27)23-11-5-6-14(13-23)12-17-18(21-10-9-20-17)15-7-3-4-8-16(15)19(24)25/h3-4,7-10,14H,5-6,11-13H2,1-2H3,(H,24,25)/t14-/m1/s1. The van der Waals surface area contributed by atoms with Gasteiger partial charge in [-0.15, -0.1) is 0 Å². The molecule has 0 radical (unpaired) electrons. The number of piperidine rings is 1. The van der Waals surface area contributed by atoms with Gasteiger partial charge in [0.2, 0.25) is 0 Å². The second-order valence-electron chi connectivity index (χ2n) is 7.06. The first-order valence-corrected chi connectivity index (χ1v) is 10.5. The average Bonchev–Trinajstić information content (AvgIpc) is 2.68. The van der Waals surface area contributed by atoms with Crippen molar-refractivity contribution in [2.45, 2.75) is 19.3 Å². The third-order valence-corrected chi connectivity index (χ3v) is 6.85. The maximum absolute atomic E-state index is 12.5. The quantitative estimate of drug-likeness (QED) is 0.789. The summed E-state index contributed by atoms with van der Waals surface area (Å²) in [5.74, 6) is -0.927. The van der Waals surface area contributed by atoms with E-state index in [-0.39, 0.29) is 11.5 Å². The van der Waals surface area contributed by atoms with Gasteiger partial charge in [0.15, 0.2) is 0 Å². The van der Waals surface area contributed by atoms with Crippen LogP contribution in [0.2, 0.25) is 0 Å². The minimum absolute atomic E-state index is 0.0934. The predicted molar refractivity (Wildman–Crippen MR) is 105 cm³/mol. The molecule has 1 aliphatic heterocycles. The molecule has 0 unspecified atom stereocenters. The number of aromatic carboxylic acids is 1. The smallest absolute Gasteiger partial charge is 0.336 e. The Morgan fingerprint density at radius 2 is 1.96 bits per heavy atom. The van der Waals surface area contributed by atoms with Crippen LogP contribution in [0.3, 0.4) is 0 Å². The van der Waals surface area contributed by atoms with Crippen molar-refractivity contribution in [3.63, 3.8) is 0 Å². The Balaban J connectivity index is 1.88. The minimum atomic E-state index is -3.45. The number of rotatable bonds is 6. The monoisotopic (exact) mass is 404 g/mol. The van der Waals surface area contributed by atoms with E-state index in [0.717, 1.165) is 12.8 Å². The van der Waals surface area contributed by atoms with Crippen LogP contribution < -0.4 is 0 Å². The normalized spacial score (nSPS) is 18.3. The highest BCUT2D eigenvalue weighted by Crippen LogP contribution is 2.28. The molecule has 150 valence electrons. The molecule has 28 heavy (non-hydrogen) atoms. The molecule has 1 aliphatic rings. The fourth-order valence-electron chi connectivity index (χ4n) is 3.52. The predicted octanol–water partition coefficient (Wildman–Crippen LogP) is 1.90. The molecule has 1 atom stereocenters. The molecule has 1 fully saturated rings. The first-order valence-electron chi connectivity index (χ1n) is 9.11. The zero-order chi connectivity index (χ0) is 20.3. The van der Waals surface area contributed by atoms with Crippen molar-refractivity contribution in [3.05, 3.63) is 47.9 Å². The Morgan fingerprint density at radius 1 is 1.25 bits per heavy atom. The third kappa shape index (κ3) is 4.21. The number of carboxylic acid groups (broad SMARTS) is 1. The van der Waals surface area contributed by atoms with Crippen molar-refractivity contribution in [3.8, 4) is 11.3 Å². The maximum atomic E-state index is 12.5. The molecule has 8 nitrogen and oxygen atoms in total. The summed E-state index contributed by atoms with van der Waals surface area (Å²) < 4.78 is 27.6. The van der Waals surface area contributed by atoms with Gasteiger partial charge in [-0.3, -0.25) is 9.97 Å². The van der Waals surface area contributed by atoms with Gasteiger partial charge in [0.1, 0.15) is 0 Å². The maximum Gasteiger partial charge on any atom is 0.336 e. The Labute approximate surface area is 165 Å². The van der Waals surface area contributed by atoms with Crippen LogP contribution in [-0.2, 0) is 16.6 Å². The summed E-state index contributed by atoms with van der Waals surface area (Å²) in [6.45, 7) is 0.920. The number of nitrogens with zero attached hydrogens (tertiary/aromatic N) is 4. The van der Waals surface area contributed by atoms with Crippen LogP contribution in [0.5, 0.6) is 0 Å². The third-order valence-electron chi connectivity index (χ3n) is 4.94. The van der Waals surface area contributed by atoms with Crippen LogP contribution in [0, 0.1) is 5.92 Å². The molecular weight excluding hydrogens is 380 g/mol. The molecule has 0 aliphatic carbocycles. The molecule has 0 spiro atoms. The van der Waals surface area contributed by atoms with Crippen LogP contribution in [-0.4, -0.2) is 65.3 Å². The van der Waals surface area contributed by atoms with Crippen molar-refractivity contribution in [2.24, 2.45) is 5.92 Å². The number of carboxylic acids is 1. The van der Waals surface area contributed by atoms with Crippen LogP contribution in [0.15, 0.2) is 36.7 Å². The Morgan fingerprint density at radius 3 is 2.68 bits per heavy atom. The lowest BCUT2D eigenvalue weighted by Crippen LogP contribution is -2.45. The first-order chi connectivity index (χ1) is 13.3. The lowest BCUT2D eigenvalue weighted by atomic mass is 9.92. The largest absolute Gasteiger partial charge is 0.478 e. The van der Waals surface area contributed by atoms with Gasteiger partial charge in [-0.2, -0.15) is 17.0 Å². The molecule has 0 bridgehead atoms. The molecule has 2 heterocycles. The SMILES string of the molecule is CN(C)S(=O)(=O)N1CCC[C@H](Cc2nccnc2-c2ccccc2C(=O)O)C1. The second-order valence-corrected chi connectivity index (χ2v) is 9.21. The first kappa shape index (κ1) is 20.4. The summed E-state index contributed by atoms with van der Waals surface area (Å²) in [6, 6.07) is 6.71. The molecule has 2 aromatic rings. The molecule has 0 amide bonds. The van der Waals surface area contributed by atoms with E-state index in [0.29, 0.717) is 36.5 Å². The van der Waals surface area contributed by atoms with Crippen molar-refractivity contribution in [2.75, 3.05) is 27.2 Å². The van der Waals surface area contributed by atoms with Crippen molar-refractivity contribution in [1.82, 2.24) is 18.6 Å². The van der Waals surface area contributed by atoms with E-state index in [2.05, 4.69) is 9.97 Å². The molecule has 1 aromatic heterocycles. The lowest BCUT2D eigenvalue weighted by molar-refractivity contribution is 0.0697. The molecule has 0 saturated carbocycles. The van der Waals surface area contributed by atoms with Crippen molar-refractivity contribution >= 4 is 16.2 Å². The van der Waals surface area contributed by atoms with E-state index in [9.17, 15) is 18.3 Å². The molecule has 3 rings (SSSR count). The van der Waals surface area contributed by atoms with Gasteiger partial charge in [0.25, 0.3) is 10.2 Å². The van der Waals surface area contributed by atoms with E-state index in [1.54, 1.807) is 36.7 Å². The number of carbonyl (C=O) groups is 1. The fourth-order valence-corrected chi connectivity index (χ4v) is 4.75. The highest BCUT2D eigenvalue weighted by atomic mass is 32.2. The Hall–Kier alpha value is -2.36. The van der Waals surface area contributed by atoms with Gasteiger partial charge in [-0.05, 0) is 31.2 Å². The summed E-state index contributed by atoms with van der Waals surface area (Å²) >= 11 is 0. The summed E-state index contributed by atoms with van der Waals surface area (Å²) in [6.07, 6.45) is 5.33. The zero-order valence-electron chi connectivity index (χ0n) is 15.9. The summed E-state index contributed by atoms with van der Waals surface area (Å²) in [7, 11) is -0.392. The van der Waals surface area contributed by atoms with E-state index >= 15 is 0 Å². The molecule has 1 N–H and O–H groups in total. The van der Waals surface area contributed by atoms with Crippen LogP contribution in [0.4, 0.5) is 0 Å². The van der Waals surface area contributed by atoms with Gasteiger partial charge in [-0.1, -0.05) is 18.2 Å². The average molecular weight is 404 g/mol. The van der Waals surface area contributed by atoms with Gasteiger partial charge < -0.3 is 5.11 Å². The minimum Gasteiger partial charge on any atom is -0.478 e. The van der Waals surface area contributed by atoms with Crippen LogP contribution >= 0.6 is 0 Å². The highest BCUT2D eigenvalue weighted by molar-refractivity contribution is 7.86.